The van der Waals surface area contributed by atoms with E-state index in [2.05, 4.69) is 10.6 Å². The van der Waals surface area contributed by atoms with Crippen LogP contribution in [0.15, 0.2) is 24.3 Å². The van der Waals surface area contributed by atoms with E-state index in [4.69, 9.17) is 9.84 Å². The highest BCUT2D eigenvalue weighted by atomic mass is 16.5. The van der Waals surface area contributed by atoms with E-state index in [0.717, 1.165) is 12.8 Å². The number of amides is 2. The number of aliphatic carboxylic acids is 1. The molecule has 2 amide bonds. The molecule has 7 nitrogen and oxygen atoms in total. The number of carbonyl (C=O) groups is 3. The van der Waals surface area contributed by atoms with Crippen LogP contribution in [0.5, 0.6) is 5.75 Å². The summed E-state index contributed by atoms with van der Waals surface area (Å²) < 4.78 is 5.47. The molecule has 0 unspecified atom stereocenters. The van der Waals surface area contributed by atoms with Gasteiger partial charge in [-0.1, -0.05) is 6.07 Å². The molecule has 2 fully saturated rings. The van der Waals surface area contributed by atoms with Crippen LogP contribution in [0.4, 0.5) is 5.69 Å². The van der Waals surface area contributed by atoms with Crippen LogP contribution in [-0.2, 0) is 14.4 Å². The lowest BCUT2D eigenvalue weighted by atomic mass is 10.1. The van der Waals surface area contributed by atoms with E-state index < -0.39 is 5.97 Å². The molecule has 0 bridgehead atoms. The molecule has 0 aromatic heterocycles. The minimum atomic E-state index is -0.807. The lowest BCUT2D eigenvalue weighted by molar-refractivity contribution is -0.141. The standard InChI is InChI=1S/C18H22N2O5/c21-16(19-14-7-6-12(8-14)18(23)24)10-25-15-3-1-2-13(9-15)20-17(22)11-4-5-11/h1-3,9,11-12,14H,4-8,10H2,(H,19,21)(H,20,22)(H,23,24)/t12-,14+/m0/s1. The summed E-state index contributed by atoms with van der Waals surface area (Å²) in [7, 11) is 0. The number of rotatable bonds is 7. The highest BCUT2D eigenvalue weighted by molar-refractivity contribution is 5.94. The third-order valence-corrected chi connectivity index (χ3v) is 4.57. The van der Waals surface area contributed by atoms with Crippen LogP contribution >= 0.6 is 0 Å². The highest BCUT2D eigenvalue weighted by Crippen LogP contribution is 2.30. The van der Waals surface area contributed by atoms with Crippen molar-refractivity contribution in [3.05, 3.63) is 24.3 Å². The maximum Gasteiger partial charge on any atom is 0.306 e. The number of nitrogens with one attached hydrogen (secondary N) is 2. The maximum atomic E-state index is 12.0. The second kappa shape index (κ2) is 7.55. The molecule has 0 aliphatic heterocycles. The van der Waals surface area contributed by atoms with Crippen LogP contribution in [-0.4, -0.2) is 35.5 Å². The second-order valence-corrected chi connectivity index (χ2v) is 6.69. The van der Waals surface area contributed by atoms with Gasteiger partial charge in [0, 0.05) is 23.7 Å². The van der Waals surface area contributed by atoms with E-state index in [1.807, 2.05) is 0 Å². The van der Waals surface area contributed by atoms with Crippen molar-refractivity contribution in [1.29, 1.82) is 0 Å². The predicted octanol–water partition coefficient (Wildman–Crippen LogP) is 1.78. The van der Waals surface area contributed by atoms with Crippen molar-refractivity contribution in [3.8, 4) is 5.75 Å². The summed E-state index contributed by atoms with van der Waals surface area (Å²) in [6, 6.07) is 6.82. The van der Waals surface area contributed by atoms with Crippen molar-refractivity contribution >= 4 is 23.5 Å². The number of hydrogen-bond acceptors (Lipinski definition) is 4. The van der Waals surface area contributed by atoms with Crippen LogP contribution in [0.3, 0.4) is 0 Å². The Hall–Kier alpha value is -2.57. The second-order valence-electron chi connectivity index (χ2n) is 6.69. The van der Waals surface area contributed by atoms with Gasteiger partial charge in [0.15, 0.2) is 6.61 Å². The molecular formula is C18H22N2O5. The van der Waals surface area contributed by atoms with Gasteiger partial charge in [0.1, 0.15) is 5.75 Å². The van der Waals surface area contributed by atoms with Gasteiger partial charge in [-0.05, 0) is 44.2 Å². The highest BCUT2D eigenvalue weighted by Gasteiger charge is 2.31. The number of carboxylic acids is 1. The minimum absolute atomic E-state index is 0.0177. The normalized spacial score (nSPS) is 22.2. The molecule has 3 rings (SSSR count). The molecule has 2 atom stereocenters. The Labute approximate surface area is 145 Å². The van der Waals surface area contributed by atoms with Gasteiger partial charge in [-0.3, -0.25) is 14.4 Å². The van der Waals surface area contributed by atoms with Crippen LogP contribution in [0, 0.1) is 11.8 Å². The quantitative estimate of drug-likeness (QED) is 0.698. The molecule has 2 saturated carbocycles. The smallest absolute Gasteiger partial charge is 0.306 e. The molecule has 0 radical (unpaired) electrons. The van der Waals surface area contributed by atoms with Gasteiger partial charge in [-0.15, -0.1) is 0 Å². The molecule has 25 heavy (non-hydrogen) atoms. The molecule has 0 spiro atoms. The van der Waals surface area contributed by atoms with Gasteiger partial charge in [0.2, 0.25) is 5.91 Å². The number of carboxylic acid groups (broad SMARTS) is 1. The van der Waals surface area contributed by atoms with Crippen LogP contribution < -0.4 is 15.4 Å². The SMILES string of the molecule is O=C(COc1cccc(NC(=O)C2CC2)c1)N[C@@H]1CC[C@H](C(=O)O)C1. The van der Waals surface area contributed by atoms with Crippen molar-refractivity contribution in [2.75, 3.05) is 11.9 Å². The van der Waals surface area contributed by atoms with Gasteiger partial charge < -0.3 is 20.5 Å². The minimum Gasteiger partial charge on any atom is -0.484 e. The summed E-state index contributed by atoms with van der Waals surface area (Å²) in [4.78, 5) is 34.6. The third-order valence-electron chi connectivity index (χ3n) is 4.57. The molecule has 0 saturated heterocycles. The molecule has 134 valence electrons. The van der Waals surface area contributed by atoms with Crippen molar-refractivity contribution in [1.82, 2.24) is 5.32 Å². The van der Waals surface area contributed by atoms with Crippen molar-refractivity contribution in [2.24, 2.45) is 11.8 Å². The molecule has 7 heteroatoms. The first kappa shape index (κ1) is 17.3. The van der Waals surface area contributed by atoms with Gasteiger partial charge in [0.05, 0.1) is 5.92 Å². The van der Waals surface area contributed by atoms with E-state index in [1.54, 1.807) is 24.3 Å². The topological polar surface area (TPSA) is 105 Å². The van der Waals surface area contributed by atoms with E-state index in [0.29, 0.717) is 30.7 Å². The van der Waals surface area contributed by atoms with Gasteiger partial charge >= 0.3 is 5.97 Å². The Bertz CT molecular complexity index is 671. The van der Waals surface area contributed by atoms with E-state index in [-0.39, 0.29) is 36.3 Å². The molecular weight excluding hydrogens is 324 g/mol. The van der Waals surface area contributed by atoms with E-state index >= 15 is 0 Å². The molecule has 1 aromatic rings. The Morgan fingerprint density at radius 2 is 1.88 bits per heavy atom. The fraction of sp³-hybridized carbons (Fsp3) is 0.500. The van der Waals surface area contributed by atoms with Gasteiger partial charge in [-0.2, -0.15) is 0 Å². The Morgan fingerprint density at radius 3 is 2.56 bits per heavy atom. The van der Waals surface area contributed by atoms with Crippen molar-refractivity contribution in [3.63, 3.8) is 0 Å². The lowest BCUT2D eigenvalue weighted by Crippen LogP contribution is -2.36. The Balaban J connectivity index is 1.44. The Morgan fingerprint density at radius 1 is 1.12 bits per heavy atom. The fourth-order valence-corrected chi connectivity index (χ4v) is 3.01. The number of hydrogen-bond donors (Lipinski definition) is 3. The van der Waals surface area contributed by atoms with Crippen LogP contribution in [0.25, 0.3) is 0 Å². The van der Waals surface area contributed by atoms with Gasteiger partial charge in [-0.25, -0.2) is 0 Å². The number of carbonyl (C=O) groups excluding carboxylic acids is 2. The molecule has 2 aliphatic rings. The number of ether oxygens (including phenoxy) is 1. The first-order valence-electron chi connectivity index (χ1n) is 8.57. The zero-order valence-electron chi connectivity index (χ0n) is 13.9. The average molecular weight is 346 g/mol. The van der Waals surface area contributed by atoms with Crippen molar-refractivity contribution < 1.29 is 24.2 Å². The zero-order valence-corrected chi connectivity index (χ0v) is 13.9. The number of anilines is 1. The average Bonchev–Trinajstić information content (AvgIpc) is 3.33. The van der Waals surface area contributed by atoms with Crippen LogP contribution in [0.2, 0.25) is 0 Å². The van der Waals surface area contributed by atoms with E-state index in [9.17, 15) is 14.4 Å². The maximum absolute atomic E-state index is 12.0. The molecule has 0 heterocycles. The van der Waals surface area contributed by atoms with Crippen molar-refractivity contribution in [2.45, 2.75) is 38.1 Å². The monoisotopic (exact) mass is 346 g/mol. The number of benzene rings is 1. The largest absolute Gasteiger partial charge is 0.484 e. The summed E-state index contributed by atoms with van der Waals surface area (Å²) in [5.41, 5.74) is 0.648. The Kier molecular flexibility index (Phi) is 5.21. The first-order chi connectivity index (χ1) is 12.0. The third kappa shape index (κ3) is 4.95. The lowest BCUT2D eigenvalue weighted by Gasteiger charge is -2.13. The molecule has 2 aliphatic carbocycles. The molecule has 1 aromatic carbocycles. The first-order valence-corrected chi connectivity index (χ1v) is 8.57. The molecule has 3 N–H and O–H groups in total. The van der Waals surface area contributed by atoms with E-state index in [1.165, 1.54) is 0 Å². The summed E-state index contributed by atoms with van der Waals surface area (Å²) in [6.07, 6.45) is 3.59. The van der Waals surface area contributed by atoms with Crippen LogP contribution in [0.1, 0.15) is 32.1 Å². The summed E-state index contributed by atoms with van der Waals surface area (Å²) in [5.74, 6) is -0.821. The zero-order chi connectivity index (χ0) is 17.8. The summed E-state index contributed by atoms with van der Waals surface area (Å²) in [5, 5.41) is 14.6. The van der Waals surface area contributed by atoms with Gasteiger partial charge in [0.25, 0.3) is 5.91 Å². The summed E-state index contributed by atoms with van der Waals surface area (Å²) in [6.45, 7) is -0.145. The summed E-state index contributed by atoms with van der Waals surface area (Å²) >= 11 is 0. The fourth-order valence-electron chi connectivity index (χ4n) is 3.01. The predicted molar refractivity (Wildman–Crippen MR) is 90.2 cm³/mol.